The molecule has 0 bridgehead atoms. The fourth-order valence-electron chi connectivity index (χ4n) is 0.876. The quantitative estimate of drug-likeness (QED) is 0.761. The predicted octanol–water partition coefficient (Wildman–Crippen LogP) is 2.89. The summed E-state index contributed by atoms with van der Waals surface area (Å²) in [6.45, 7) is 3.75. The average molecular weight is 191 g/mol. The lowest BCUT2D eigenvalue weighted by Gasteiger charge is -2.13. The summed E-state index contributed by atoms with van der Waals surface area (Å²) in [4.78, 5) is 0. The summed E-state index contributed by atoms with van der Waals surface area (Å²) in [6, 6.07) is 0. The third-order valence-electron chi connectivity index (χ3n) is 1.86. The van der Waals surface area contributed by atoms with Crippen LogP contribution >= 0.6 is 22.9 Å². The molecule has 1 nitrogen and oxygen atoms in total. The normalized spacial score (nSPS) is 16.4. The summed E-state index contributed by atoms with van der Waals surface area (Å²) < 4.78 is 0. The lowest BCUT2D eigenvalue weighted by molar-refractivity contribution is 0.169. The van der Waals surface area contributed by atoms with Gasteiger partial charge >= 0.3 is 0 Å². The second kappa shape index (κ2) is 3.57. The minimum absolute atomic E-state index is 0.133. The zero-order valence-electron chi connectivity index (χ0n) is 6.54. The highest BCUT2D eigenvalue weighted by Gasteiger charge is 2.14. The third kappa shape index (κ3) is 1.95. The fraction of sp³-hybridized carbons (Fsp3) is 0.500. The summed E-state index contributed by atoms with van der Waals surface area (Å²) in [5.74, 6) is 0.133. The van der Waals surface area contributed by atoms with Gasteiger partial charge in [0.05, 0.1) is 11.1 Å². The van der Waals surface area contributed by atoms with Gasteiger partial charge < -0.3 is 5.11 Å². The van der Waals surface area contributed by atoms with Gasteiger partial charge in [0.2, 0.25) is 0 Å². The highest BCUT2D eigenvalue weighted by molar-refractivity contribution is 7.08. The molecule has 1 rings (SSSR count). The number of aliphatic hydroxyl groups excluding tert-OH is 1. The third-order valence-corrected chi connectivity index (χ3v) is 3.07. The molecule has 3 heteroatoms. The number of hydrogen-bond acceptors (Lipinski definition) is 2. The maximum absolute atomic E-state index is 9.26. The van der Waals surface area contributed by atoms with Crippen molar-refractivity contribution in [2.75, 3.05) is 0 Å². The smallest absolute Gasteiger partial charge is 0.0578 e. The lowest BCUT2D eigenvalue weighted by atomic mass is 10.00. The number of aliphatic hydroxyl groups is 1. The Morgan fingerprint density at radius 3 is 2.45 bits per heavy atom. The van der Waals surface area contributed by atoms with Crippen molar-refractivity contribution in [3.05, 3.63) is 21.3 Å². The van der Waals surface area contributed by atoms with E-state index in [9.17, 15) is 5.11 Å². The van der Waals surface area contributed by atoms with E-state index in [4.69, 9.17) is 11.6 Å². The van der Waals surface area contributed by atoms with Gasteiger partial charge in [0, 0.05) is 11.3 Å². The SMILES string of the molecule is CC(O)C(C)c1cscc1Cl. The molecule has 11 heavy (non-hydrogen) atoms. The lowest BCUT2D eigenvalue weighted by Crippen LogP contribution is -2.10. The summed E-state index contributed by atoms with van der Waals surface area (Å²) in [5.41, 5.74) is 1.05. The first-order valence-electron chi connectivity index (χ1n) is 3.52. The summed E-state index contributed by atoms with van der Waals surface area (Å²) in [5, 5.41) is 13.9. The average Bonchev–Trinajstić information content (AvgIpc) is 2.33. The van der Waals surface area contributed by atoms with Crippen molar-refractivity contribution in [3.63, 3.8) is 0 Å². The topological polar surface area (TPSA) is 20.2 Å². The second-order valence-corrected chi connectivity index (χ2v) is 3.86. The van der Waals surface area contributed by atoms with Crippen LogP contribution in [0.2, 0.25) is 5.02 Å². The van der Waals surface area contributed by atoms with E-state index in [1.165, 1.54) is 0 Å². The van der Waals surface area contributed by atoms with Crippen molar-refractivity contribution < 1.29 is 5.11 Å². The molecule has 0 amide bonds. The van der Waals surface area contributed by atoms with Crippen molar-refractivity contribution in [3.8, 4) is 0 Å². The van der Waals surface area contributed by atoms with E-state index in [0.29, 0.717) is 0 Å². The molecular weight excluding hydrogens is 180 g/mol. The Labute approximate surface area is 75.6 Å². The standard InChI is InChI=1S/C8H11ClOS/c1-5(6(2)10)7-3-11-4-8(7)9/h3-6,10H,1-2H3. The van der Waals surface area contributed by atoms with Gasteiger partial charge in [-0.2, -0.15) is 11.3 Å². The number of rotatable bonds is 2. The van der Waals surface area contributed by atoms with E-state index in [2.05, 4.69) is 0 Å². The van der Waals surface area contributed by atoms with E-state index in [-0.39, 0.29) is 12.0 Å². The van der Waals surface area contributed by atoms with Crippen LogP contribution in [0.3, 0.4) is 0 Å². The van der Waals surface area contributed by atoms with Gasteiger partial charge in [0.25, 0.3) is 0 Å². The maximum Gasteiger partial charge on any atom is 0.0578 e. The van der Waals surface area contributed by atoms with E-state index < -0.39 is 0 Å². The Bertz CT molecular complexity index is 232. The van der Waals surface area contributed by atoms with E-state index >= 15 is 0 Å². The van der Waals surface area contributed by atoms with Crippen LogP contribution in [-0.2, 0) is 0 Å². The van der Waals surface area contributed by atoms with Crippen LogP contribution in [0, 0.1) is 0 Å². The molecule has 0 saturated heterocycles. The molecule has 1 aromatic heterocycles. The Balaban J connectivity index is 2.84. The highest BCUT2D eigenvalue weighted by Crippen LogP contribution is 2.29. The molecule has 1 aromatic rings. The van der Waals surface area contributed by atoms with Crippen LogP contribution in [0.15, 0.2) is 10.8 Å². The van der Waals surface area contributed by atoms with E-state index in [0.717, 1.165) is 10.6 Å². The summed E-state index contributed by atoms with van der Waals surface area (Å²) >= 11 is 7.45. The molecule has 1 N–H and O–H groups in total. The van der Waals surface area contributed by atoms with Crippen LogP contribution < -0.4 is 0 Å². The fourth-order valence-corrected chi connectivity index (χ4v) is 2.13. The van der Waals surface area contributed by atoms with Gasteiger partial charge in [0.1, 0.15) is 0 Å². The minimum Gasteiger partial charge on any atom is -0.393 e. The van der Waals surface area contributed by atoms with Crippen LogP contribution in [0.1, 0.15) is 25.3 Å². The molecule has 0 saturated carbocycles. The molecule has 0 aromatic carbocycles. The van der Waals surface area contributed by atoms with Gasteiger partial charge in [0.15, 0.2) is 0 Å². The van der Waals surface area contributed by atoms with Crippen LogP contribution in [0.5, 0.6) is 0 Å². The molecule has 2 unspecified atom stereocenters. The molecule has 0 spiro atoms. The first-order chi connectivity index (χ1) is 5.13. The zero-order chi connectivity index (χ0) is 8.43. The molecule has 0 aliphatic carbocycles. The molecule has 0 fully saturated rings. The predicted molar refractivity (Wildman–Crippen MR) is 49.4 cm³/mol. The zero-order valence-corrected chi connectivity index (χ0v) is 8.12. The first kappa shape index (κ1) is 9.04. The van der Waals surface area contributed by atoms with Gasteiger partial charge in [-0.3, -0.25) is 0 Å². The number of thiophene rings is 1. The van der Waals surface area contributed by atoms with Gasteiger partial charge in [-0.25, -0.2) is 0 Å². The molecular formula is C8H11ClOS. The van der Waals surface area contributed by atoms with Gasteiger partial charge in [-0.05, 0) is 17.9 Å². The maximum atomic E-state index is 9.26. The monoisotopic (exact) mass is 190 g/mol. The number of hydrogen-bond donors (Lipinski definition) is 1. The molecule has 0 aliphatic rings. The molecule has 2 atom stereocenters. The van der Waals surface area contributed by atoms with Crippen molar-refractivity contribution >= 4 is 22.9 Å². The first-order valence-corrected chi connectivity index (χ1v) is 4.84. The summed E-state index contributed by atoms with van der Waals surface area (Å²) in [7, 11) is 0. The molecule has 1 heterocycles. The molecule has 0 aliphatic heterocycles. The minimum atomic E-state index is -0.331. The highest BCUT2D eigenvalue weighted by atomic mass is 35.5. The van der Waals surface area contributed by atoms with Crippen molar-refractivity contribution in [1.29, 1.82) is 0 Å². The molecule has 62 valence electrons. The van der Waals surface area contributed by atoms with Gasteiger partial charge in [-0.1, -0.05) is 18.5 Å². The van der Waals surface area contributed by atoms with Crippen LogP contribution in [-0.4, -0.2) is 11.2 Å². The molecule has 0 radical (unpaired) electrons. The largest absolute Gasteiger partial charge is 0.393 e. The van der Waals surface area contributed by atoms with Gasteiger partial charge in [-0.15, -0.1) is 0 Å². The Hall–Kier alpha value is -0.0500. The van der Waals surface area contributed by atoms with E-state index in [1.54, 1.807) is 18.3 Å². The van der Waals surface area contributed by atoms with Crippen LogP contribution in [0.4, 0.5) is 0 Å². The second-order valence-electron chi connectivity index (χ2n) is 2.70. The number of halogens is 1. The van der Waals surface area contributed by atoms with Crippen molar-refractivity contribution in [1.82, 2.24) is 0 Å². The summed E-state index contributed by atoms with van der Waals surface area (Å²) in [6.07, 6.45) is -0.331. The van der Waals surface area contributed by atoms with Crippen molar-refractivity contribution in [2.24, 2.45) is 0 Å². The Morgan fingerprint density at radius 1 is 1.45 bits per heavy atom. The van der Waals surface area contributed by atoms with E-state index in [1.807, 2.05) is 17.7 Å². The van der Waals surface area contributed by atoms with Crippen molar-refractivity contribution in [2.45, 2.75) is 25.9 Å². The Kier molecular flexibility index (Phi) is 2.93. The Morgan fingerprint density at radius 2 is 2.09 bits per heavy atom. The van der Waals surface area contributed by atoms with Crippen LogP contribution in [0.25, 0.3) is 0 Å².